The van der Waals surface area contributed by atoms with Gasteiger partial charge in [-0.1, -0.05) is 12.1 Å². The monoisotopic (exact) mass is 289 g/mol. The number of aromatic nitrogens is 2. The molecule has 0 spiro atoms. The Morgan fingerprint density at radius 2 is 2.30 bits per heavy atom. The van der Waals surface area contributed by atoms with Gasteiger partial charge in [-0.15, -0.1) is 0 Å². The van der Waals surface area contributed by atoms with Crippen LogP contribution in [0.1, 0.15) is 12.7 Å². The van der Waals surface area contributed by atoms with E-state index in [0.29, 0.717) is 0 Å². The predicted octanol–water partition coefficient (Wildman–Crippen LogP) is 2.35. The highest BCUT2D eigenvalue weighted by Gasteiger charge is 2.15. The number of thioether (sulfide) groups is 1. The van der Waals surface area contributed by atoms with E-state index in [9.17, 15) is 4.79 Å². The lowest BCUT2D eigenvalue weighted by atomic mass is 10.3. The minimum absolute atomic E-state index is 0.0719. The Balaban J connectivity index is 2.29. The second kappa shape index (κ2) is 6.44. The Morgan fingerprint density at radius 3 is 3.00 bits per heavy atom. The third kappa shape index (κ3) is 3.11. The Kier molecular flexibility index (Phi) is 4.64. The number of hydrogen-bond donors (Lipinski definition) is 0. The molecular formula is C14H15N3O2S. The normalized spacial score (nSPS) is 12.1. The number of imidazole rings is 1. The molecule has 5 nitrogen and oxygen atoms in total. The molecule has 1 atom stereocenters. The summed E-state index contributed by atoms with van der Waals surface area (Å²) in [7, 11) is 0. The highest BCUT2D eigenvalue weighted by atomic mass is 32.2. The van der Waals surface area contributed by atoms with Crippen LogP contribution in [0, 0.1) is 11.3 Å². The van der Waals surface area contributed by atoms with E-state index in [4.69, 9.17) is 10.00 Å². The fourth-order valence-corrected chi connectivity index (χ4v) is 2.41. The lowest BCUT2D eigenvalue weighted by Crippen LogP contribution is -2.19. The first-order chi connectivity index (χ1) is 9.65. The van der Waals surface area contributed by atoms with E-state index >= 15 is 0 Å². The van der Waals surface area contributed by atoms with Crippen LogP contribution in [-0.4, -0.2) is 27.9 Å². The Bertz CT molecular complexity index is 660. The van der Waals surface area contributed by atoms with Gasteiger partial charge < -0.3 is 9.30 Å². The van der Waals surface area contributed by atoms with E-state index in [0.717, 1.165) is 22.6 Å². The third-order valence-corrected chi connectivity index (χ3v) is 3.33. The van der Waals surface area contributed by atoms with E-state index < -0.39 is 12.1 Å². The highest BCUT2D eigenvalue weighted by Crippen LogP contribution is 2.19. The van der Waals surface area contributed by atoms with Crippen molar-refractivity contribution in [2.45, 2.75) is 25.3 Å². The van der Waals surface area contributed by atoms with Crippen molar-refractivity contribution in [1.29, 1.82) is 5.26 Å². The summed E-state index contributed by atoms with van der Waals surface area (Å²) in [5, 5.41) is 8.67. The van der Waals surface area contributed by atoms with Gasteiger partial charge in [0.2, 0.25) is 0 Å². The van der Waals surface area contributed by atoms with Crippen molar-refractivity contribution in [3.63, 3.8) is 0 Å². The molecule has 0 aliphatic heterocycles. The first-order valence-corrected chi connectivity index (χ1v) is 7.57. The number of rotatable bonds is 5. The molecule has 0 saturated carbocycles. The lowest BCUT2D eigenvalue weighted by Gasteiger charge is -2.09. The van der Waals surface area contributed by atoms with Crippen LogP contribution in [0.15, 0.2) is 24.3 Å². The van der Waals surface area contributed by atoms with Crippen molar-refractivity contribution in [3.05, 3.63) is 30.1 Å². The van der Waals surface area contributed by atoms with Crippen LogP contribution in [0.2, 0.25) is 0 Å². The van der Waals surface area contributed by atoms with E-state index in [2.05, 4.69) is 4.98 Å². The second-order valence-electron chi connectivity index (χ2n) is 4.30. The molecule has 0 fully saturated rings. The van der Waals surface area contributed by atoms with Crippen LogP contribution in [0.5, 0.6) is 0 Å². The first kappa shape index (κ1) is 14.4. The summed E-state index contributed by atoms with van der Waals surface area (Å²) in [6.07, 6.45) is 1.25. The molecule has 0 N–H and O–H groups in total. The summed E-state index contributed by atoms with van der Waals surface area (Å²) >= 11 is 1.64. The van der Waals surface area contributed by atoms with Crippen molar-refractivity contribution < 1.29 is 9.53 Å². The van der Waals surface area contributed by atoms with E-state index in [1.54, 1.807) is 18.7 Å². The number of fused-ring (bicyclic) bond motifs is 1. The Hall–Kier alpha value is -2.00. The predicted molar refractivity (Wildman–Crippen MR) is 78.1 cm³/mol. The summed E-state index contributed by atoms with van der Waals surface area (Å²) in [6.45, 7) is 1.62. The largest absolute Gasteiger partial charge is 0.446 e. The van der Waals surface area contributed by atoms with Crippen molar-refractivity contribution >= 4 is 28.8 Å². The van der Waals surface area contributed by atoms with Gasteiger partial charge in [-0.2, -0.15) is 17.0 Å². The molecule has 0 unspecified atom stereocenters. The third-order valence-electron chi connectivity index (χ3n) is 2.78. The smallest absolute Gasteiger partial charge is 0.327 e. The van der Waals surface area contributed by atoms with Gasteiger partial charge in [0.15, 0.2) is 6.10 Å². The maximum absolute atomic E-state index is 11.9. The number of nitriles is 1. The van der Waals surface area contributed by atoms with Crippen LogP contribution in [0.3, 0.4) is 0 Å². The van der Waals surface area contributed by atoms with Gasteiger partial charge in [0.25, 0.3) is 0 Å². The average molecular weight is 289 g/mol. The van der Waals surface area contributed by atoms with Crippen LogP contribution >= 0.6 is 11.8 Å². The SMILES string of the molecule is CSCc1nc2ccccc2n1CC(=O)O[C@H](C)C#N. The van der Waals surface area contributed by atoms with E-state index in [1.807, 2.05) is 41.2 Å². The number of esters is 1. The summed E-state index contributed by atoms with van der Waals surface area (Å²) in [4.78, 5) is 16.4. The van der Waals surface area contributed by atoms with Crippen LogP contribution in [-0.2, 0) is 21.8 Å². The molecule has 0 radical (unpaired) electrons. The maximum atomic E-state index is 11.9. The standard InChI is InChI=1S/C14H15N3O2S/c1-10(7-15)19-14(18)8-17-12-6-4-3-5-11(12)16-13(17)9-20-2/h3-6,10H,8-9H2,1-2H3/t10-/m1/s1. The van der Waals surface area contributed by atoms with Crippen LogP contribution < -0.4 is 0 Å². The number of nitrogens with zero attached hydrogens (tertiary/aromatic N) is 3. The molecule has 1 aromatic heterocycles. The van der Waals surface area contributed by atoms with Crippen molar-refractivity contribution in [2.75, 3.05) is 6.26 Å². The lowest BCUT2D eigenvalue weighted by molar-refractivity contribution is -0.146. The molecule has 0 amide bonds. The molecule has 0 saturated heterocycles. The summed E-state index contributed by atoms with van der Waals surface area (Å²) < 4.78 is 6.84. The Labute approximate surface area is 121 Å². The number of carbonyl (C=O) groups excluding carboxylic acids is 1. The fraction of sp³-hybridized carbons (Fsp3) is 0.357. The van der Waals surface area contributed by atoms with Crippen LogP contribution in [0.25, 0.3) is 11.0 Å². The zero-order valence-corrected chi connectivity index (χ0v) is 12.2. The van der Waals surface area contributed by atoms with Gasteiger partial charge in [-0.25, -0.2) is 4.98 Å². The van der Waals surface area contributed by atoms with Gasteiger partial charge in [-0.05, 0) is 25.3 Å². The van der Waals surface area contributed by atoms with Crippen molar-refractivity contribution in [2.24, 2.45) is 0 Å². The second-order valence-corrected chi connectivity index (χ2v) is 5.16. The number of para-hydroxylation sites is 2. The van der Waals surface area contributed by atoms with Gasteiger partial charge in [0, 0.05) is 0 Å². The molecule has 0 aliphatic rings. The van der Waals surface area contributed by atoms with Crippen molar-refractivity contribution in [1.82, 2.24) is 9.55 Å². The Morgan fingerprint density at radius 1 is 1.55 bits per heavy atom. The van der Waals surface area contributed by atoms with Gasteiger partial charge in [0.05, 0.1) is 16.8 Å². The summed E-state index contributed by atoms with van der Waals surface area (Å²) in [5.41, 5.74) is 1.76. The number of ether oxygens (including phenoxy) is 1. The molecule has 2 aromatic rings. The summed E-state index contributed by atoms with van der Waals surface area (Å²) in [5.74, 6) is 1.13. The molecule has 2 rings (SSSR count). The topological polar surface area (TPSA) is 67.9 Å². The van der Waals surface area contributed by atoms with Crippen LogP contribution in [0.4, 0.5) is 0 Å². The van der Waals surface area contributed by atoms with Gasteiger partial charge >= 0.3 is 5.97 Å². The molecule has 1 aromatic carbocycles. The average Bonchev–Trinajstić information content (AvgIpc) is 2.77. The number of carbonyl (C=O) groups is 1. The molecule has 0 aliphatic carbocycles. The van der Waals surface area contributed by atoms with E-state index in [-0.39, 0.29) is 6.54 Å². The quantitative estimate of drug-likeness (QED) is 0.790. The molecule has 20 heavy (non-hydrogen) atoms. The minimum Gasteiger partial charge on any atom is -0.446 e. The highest BCUT2D eigenvalue weighted by molar-refractivity contribution is 7.97. The molecular weight excluding hydrogens is 274 g/mol. The molecule has 1 heterocycles. The number of benzene rings is 1. The van der Waals surface area contributed by atoms with E-state index in [1.165, 1.54) is 0 Å². The molecule has 104 valence electrons. The fourth-order valence-electron chi connectivity index (χ4n) is 1.93. The van der Waals surface area contributed by atoms with Crippen molar-refractivity contribution in [3.8, 4) is 6.07 Å². The van der Waals surface area contributed by atoms with Gasteiger partial charge in [0.1, 0.15) is 18.4 Å². The minimum atomic E-state index is -0.735. The summed E-state index contributed by atoms with van der Waals surface area (Å²) in [6, 6.07) is 9.54. The molecule has 6 heteroatoms. The molecule has 0 bridgehead atoms. The zero-order chi connectivity index (χ0) is 14.5. The van der Waals surface area contributed by atoms with Gasteiger partial charge in [-0.3, -0.25) is 4.79 Å². The zero-order valence-electron chi connectivity index (χ0n) is 11.4. The maximum Gasteiger partial charge on any atom is 0.327 e. The first-order valence-electron chi connectivity index (χ1n) is 6.18. The number of hydrogen-bond acceptors (Lipinski definition) is 5.